The van der Waals surface area contributed by atoms with E-state index in [0.29, 0.717) is 27.3 Å². The van der Waals surface area contributed by atoms with E-state index in [4.69, 9.17) is 16.3 Å². The third-order valence-corrected chi connectivity index (χ3v) is 5.29. The molecule has 1 heterocycles. The minimum atomic E-state index is -0.282. The molecule has 0 radical (unpaired) electrons. The lowest BCUT2D eigenvalue weighted by Crippen LogP contribution is -2.10. The molecule has 0 N–H and O–H groups in total. The first kappa shape index (κ1) is 18.7. The van der Waals surface area contributed by atoms with Crippen molar-refractivity contribution >= 4 is 23.4 Å². The van der Waals surface area contributed by atoms with Gasteiger partial charge in [0.1, 0.15) is 11.6 Å². The zero-order valence-electron chi connectivity index (χ0n) is 14.7. The highest BCUT2D eigenvalue weighted by atomic mass is 35.5. The predicted molar refractivity (Wildman–Crippen MR) is 102 cm³/mol. The maximum atomic E-state index is 13.7. The van der Waals surface area contributed by atoms with Crippen LogP contribution in [0.3, 0.4) is 0 Å². The van der Waals surface area contributed by atoms with Crippen molar-refractivity contribution in [3.05, 3.63) is 70.3 Å². The lowest BCUT2D eigenvalue weighted by atomic mass is 10.2. The van der Waals surface area contributed by atoms with Gasteiger partial charge in [-0.25, -0.2) is 4.39 Å². The Bertz CT molecular complexity index is 916. The number of ether oxygens (including phenoxy) is 1. The van der Waals surface area contributed by atoms with Gasteiger partial charge in [0.15, 0.2) is 17.1 Å². The number of rotatable bonds is 6. The van der Waals surface area contributed by atoms with Crippen LogP contribution in [0, 0.1) is 12.7 Å². The molecular weight excluding hydrogens is 373 g/mol. The molecule has 0 aliphatic rings. The Balaban J connectivity index is 1.70. The van der Waals surface area contributed by atoms with E-state index in [0.717, 1.165) is 11.3 Å². The molecule has 0 fully saturated rings. The van der Waals surface area contributed by atoms with Crippen molar-refractivity contribution in [2.75, 3.05) is 0 Å². The first-order valence-electron chi connectivity index (χ1n) is 8.14. The summed E-state index contributed by atoms with van der Waals surface area (Å²) in [4.78, 5) is 0. The summed E-state index contributed by atoms with van der Waals surface area (Å²) in [6, 6.07) is 12.2. The van der Waals surface area contributed by atoms with E-state index >= 15 is 0 Å². The highest BCUT2D eigenvalue weighted by Gasteiger charge is 2.18. The summed E-state index contributed by atoms with van der Waals surface area (Å²) in [6.45, 7) is 3.86. The summed E-state index contributed by atoms with van der Waals surface area (Å²) in [7, 11) is 1.88. The van der Waals surface area contributed by atoms with Crippen molar-refractivity contribution in [2.45, 2.75) is 30.9 Å². The van der Waals surface area contributed by atoms with E-state index in [1.54, 1.807) is 18.2 Å². The van der Waals surface area contributed by atoms with E-state index in [9.17, 15) is 4.39 Å². The SMILES string of the molecule is Cc1cc(Cl)ccc1OC(C)c1nnc(SCc2ccccc2F)n1C. The summed E-state index contributed by atoms with van der Waals surface area (Å²) in [5, 5.41) is 9.84. The number of aryl methyl sites for hydroxylation is 1. The van der Waals surface area contributed by atoms with E-state index in [-0.39, 0.29) is 11.9 Å². The largest absolute Gasteiger partial charge is 0.482 e. The topological polar surface area (TPSA) is 39.9 Å². The third-order valence-electron chi connectivity index (χ3n) is 3.99. The molecule has 1 aromatic heterocycles. The Kier molecular flexibility index (Phi) is 5.84. The maximum absolute atomic E-state index is 13.7. The summed E-state index contributed by atoms with van der Waals surface area (Å²) in [5.41, 5.74) is 1.60. The quantitative estimate of drug-likeness (QED) is 0.531. The number of benzene rings is 2. The summed E-state index contributed by atoms with van der Waals surface area (Å²) in [5.74, 6) is 1.74. The van der Waals surface area contributed by atoms with Crippen LogP contribution in [-0.2, 0) is 12.8 Å². The standard InChI is InChI=1S/C19H19ClFN3OS/c1-12-10-15(20)8-9-17(12)25-13(2)18-22-23-19(24(18)3)26-11-14-6-4-5-7-16(14)21/h4-10,13H,11H2,1-3H3. The van der Waals surface area contributed by atoms with Crippen LogP contribution in [0.15, 0.2) is 47.6 Å². The first-order valence-corrected chi connectivity index (χ1v) is 9.50. The zero-order chi connectivity index (χ0) is 18.7. The van der Waals surface area contributed by atoms with Gasteiger partial charge in [-0.05, 0) is 49.2 Å². The Labute approximate surface area is 161 Å². The van der Waals surface area contributed by atoms with Crippen molar-refractivity contribution in [1.29, 1.82) is 0 Å². The second kappa shape index (κ2) is 8.10. The minimum absolute atomic E-state index is 0.211. The van der Waals surface area contributed by atoms with Gasteiger partial charge >= 0.3 is 0 Å². The van der Waals surface area contributed by atoms with Crippen LogP contribution in [-0.4, -0.2) is 14.8 Å². The second-order valence-electron chi connectivity index (χ2n) is 5.95. The number of nitrogens with zero attached hydrogens (tertiary/aromatic N) is 3. The molecule has 1 atom stereocenters. The van der Waals surface area contributed by atoms with Gasteiger partial charge in [0.25, 0.3) is 0 Å². The van der Waals surface area contributed by atoms with Crippen LogP contribution < -0.4 is 4.74 Å². The van der Waals surface area contributed by atoms with Crippen molar-refractivity contribution in [3.8, 4) is 5.75 Å². The van der Waals surface area contributed by atoms with E-state index in [2.05, 4.69) is 10.2 Å². The molecule has 0 spiro atoms. The van der Waals surface area contributed by atoms with Gasteiger partial charge in [0.2, 0.25) is 0 Å². The number of hydrogen-bond acceptors (Lipinski definition) is 4. The fourth-order valence-electron chi connectivity index (χ4n) is 2.55. The Morgan fingerprint density at radius 2 is 2.00 bits per heavy atom. The molecule has 0 bridgehead atoms. The summed E-state index contributed by atoms with van der Waals surface area (Å²) < 4.78 is 21.6. The zero-order valence-corrected chi connectivity index (χ0v) is 16.3. The van der Waals surface area contributed by atoms with Crippen molar-refractivity contribution in [3.63, 3.8) is 0 Å². The van der Waals surface area contributed by atoms with Crippen molar-refractivity contribution in [2.24, 2.45) is 7.05 Å². The highest BCUT2D eigenvalue weighted by molar-refractivity contribution is 7.98. The molecule has 0 amide bonds. The van der Waals surface area contributed by atoms with Crippen molar-refractivity contribution < 1.29 is 9.13 Å². The molecule has 0 aliphatic carbocycles. The normalized spacial score (nSPS) is 12.2. The Morgan fingerprint density at radius 1 is 1.23 bits per heavy atom. The van der Waals surface area contributed by atoms with E-state index < -0.39 is 0 Å². The highest BCUT2D eigenvalue weighted by Crippen LogP contribution is 2.28. The van der Waals surface area contributed by atoms with Crippen LogP contribution in [0.25, 0.3) is 0 Å². The lowest BCUT2D eigenvalue weighted by molar-refractivity contribution is 0.210. The van der Waals surface area contributed by atoms with Gasteiger partial charge in [-0.3, -0.25) is 0 Å². The van der Waals surface area contributed by atoms with Gasteiger partial charge in [-0.15, -0.1) is 10.2 Å². The van der Waals surface area contributed by atoms with Crippen LogP contribution in [0.2, 0.25) is 5.02 Å². The monoisotopic (exact) mass is 391 g/mol. The van der Waals surface area contributed by atoms with Crippen LogP contribution in [0.1, 0.15) is 30.0 Å². The van der Waals surface area contributed by atoms with Gasteiger partial charge < -0.3 is 9.30 Å². The molecule has 0 saturated carbocycles. The van der Waals surface area contributed by atoms with Gasteiger partial charge in [0, 0.05) is 17.8 Å². The summed E-state index contributed by atoms with van der Waals surface area (Å²) >= 11 is 7.42. The maximum Gasteiger partial charge on any atom is 0.191 e. The molecule has 3 aromatic rings. The Morgan fingerprint density at radius 3 is 2.73 bits per heavy atom. The average molecular weight is 392 g/mol. The fraction of sp³-hybridized carbons (Fsp3) is 0.263. The lowest BCUT2D eigenvalue weighted by Gasteiger charge is -2.16. The molecule has 4 nitrogen and oxygen atoms in total. The number of hydrogen-bond donors (Lipinski definition) is 0. The summed E-state index contributed by atoms with van der Waals surface area (Å²) in [6.07, 6.45) is -0.282. The van der Waals surface area contributed by atoms with Gasteiger partial charge in [-0.1, -0.05) is 41.6 Å². The molecule has 136 valence electrons. The predicted octanol–water partition coefficient (Wildman–Crippen LogP) is 5.35. The smallest absolute Gasteiger partial charge is 0.191 e. The van der Waals surface area contributed by atoms with Gasteiger partial charge in [0.05, 0.1) is 0 Å². The molecule has 0 saturated heterocycles. The molecular formula is C19H19ClFN3OS. The Hall–Kier alpha value is -2.05. The minimum Gasteiger partial charge on any atom is -0.482 e. The number of halogens is 2. The van der Waals surface area contributed by atoms with Crippen LogP contribution in [0.4, 0.5) is 4.39 Å². The molecule has 1 unspecified atom stereocenters. The fourth-order valence-corrected chi connectivity index (χ4v) is 3.68. The van der Waals surface area contributed by atoms with Gasteiger partial charge in [-0.2, -0.15) is 0 Å². The van der Waals surface area contributed by atoms with E-state index in [1.165, 1.54) is 17.8 Å². The molecule has 0 aliphatic heterocycles. The molecule has 3 rings (SSSR count). The molecule has 7 heteroatoms. The number of aromatic nitrogens is 3. The average Bonchev–Trinajstić information content (AvgIpc) is 2.97. The molecule has 26 heavy (non-hydrogen) atoms. The molecule has 2 aromatic carbocycles. The second-order valence-corrected chi connectivity index (χ2v) is 7.33. The number of thioether (sulfide) groups is 1. The van der Waals surface area contributed by atoms with Crippen molar-refractivity contribution in [1.82, 2.24) is 14.8 Å². The van der Waals surface area contributed by atoms with E-state index in [1.807, 2.05) is 43.7 Å². The van der Waals surface area contributed by atoms with Crippen LogP contribution in [0.5, 0.6) is 5.75 Å². The third kappa shape index (κ3) is 4.19. The van der Waals surface area contributed by atoms with Crippen LogP contribution >= 0.6 is 23.4 Å². The first-order chi connectivity index (χ1) is 12.5.